The van der Waals surface area contributed by atoms with Crippen molar-refractivity contribution in [3.8, 4) is 0 Å². The number of benzene rings is 1. The van der Waals surface area contributed by atoms with Gasteiger partial charge in [-0.15, -0.1) is 0 Å². The van der Waals surface area contributed by atoms with E-state index in [9.17, 15) is 18.4 Å². The van der Waals surface area contributed by atoms with Crippen molar-refractivity contribution < 1.29 is 18.4 Å². The van der Waals surface area contributed by atoms with Crippen molar-refractivity contribution in [2.24, 2.45) is 5.73 Å². The first-order chi connectivity index (χ1) is 8.91. The lowest BCUT2D eigenvalue weighted by Crippen LogP contribution is -2.50. The number of nitrogens with two attached hydrogens (primary N) is 1. The first kappa shape index (κ1) is 14.1. The van der Waals surface area contributed by atoms with E-state index in [0.717, 1.165) is 11.0 Å². The monoisotopic (exact) mass is 332 g/mol. The van der Waals surface area contributed by atoms with Crippen molar-refractivity contribution in [1.29, 1.82) is 0 Å². The highest BCUT2D eigenvalue weighted by Gasteiger charge is 2.33. The summed E-state index contributed by atoms with van der Waals surface area (Å²) in [4.78, 5) is 24.2. The van der Waals surface area contributed by atoms with Gasteiger partial charge in [-0.05, 0) is 34.5 Å². The molecule has 0 spiro atoms. The van der Waals surface area contributed by atoms with E-state index in [2.05, 4.69) is 15.9 Å². The molecule has 19 heavy (non-hydrogen) atoms. The van der Waals surface area contributed by atoms with Crippen LogP contribution in [0.3, 0.4) is 0 Å². The molecule has 0 bridgehead atoms. The third-order valence-corrected chi connectivity index (χ3v) is 3.62. The standard InChI is InChI=1S/C12H11BrF2N2O2/c13-7-1-2-8(14)6(11(7)15)5-17-10(18)4-3-9(16)12(17)19/h1-2,9H,3-5,16H2. The van der Waals surface area contributed by atoms with Crippen molar-refractivity contribution in [2.75, 3.05) is 0 Å². The molecule has 0 radical (unpaired) electrons. The van der Waals surface area contributed by atoms with E-state index in [0.29, 0.717) is 0 Å². The van der Waals surface area contributed by atoms with E-state index in [1.54, 1.807) is 0 Å². The third-order valence-electron chi connectivity index (χ3n) is 3.01. The summed E-state index contributed by atoms with van der Waals surface area (Å²) < 4.78 is 27.5. The molecule has 1 unspecified atom stereocenters. The smallest absolute Gasteiger partial charge is 0.246 e. The fraction of sp³-hybridized carbons (Fsp3) is 0.333. The van der Waals surface area contributed by atoms with Gasteiger partial charge in [-0.3, -0.25) is 14.5 Å². The highest BCUT2D eigenvalue weighted by atomic mass is 79.9. The second kappa shape index (κ2) is 5.34. The van der Waals surface area contributed by atoms with Crippen LogP contribution in [0.15, 0.2) is 16.6 Å². The van der Waals surface area contributed by atoms with Crippen LogP contribution in [0.2, 0.25) is 0 Å². The molecule has 102 valence electrons. The van der Waals surface area contributed by atoms with E-state index in [-0.39, 0.29) is 22.9 Å². The lowest BCUT2D eigenvalue weighted by atomic mass is 10.0. The fourth-order valence-corrected chi connectivity index (χ4v) is 2.27. The minimum Gasteiger partial charge on any atom is -0.320 e. The molecule has 1 heterocycles. The molecular formula is C12H11BrF2N2O2. The second-order valence-electron chi connectivity index (χ2n) is 4.29. The van der Waals surface area contributed by atoms with E-state index in [4.69, 9.17) is 5.73 Å². The SMILES string of the molecule is NC1CCC(=O)N(Cc2c(F)ccc(Br)c2F)C1=O. The molecule has 1 aromatic carbocycles. The molecule has 1 aromatic rings. The van der Waals surface area contributed by atoms with Gasteiger partial charge in [-0.2, -0.15) is 0 Å². The van der Waals surface area contributed by atoms with Crippen molar-refractivity contribution in [3.05, 3.63) is 33.8 Å². The Morgan fingerprint density at radius 2 is 2.05 bits per heavy atom. The van der Waals surface area contributed by atoms with Crippen molar-refractivity contribution >= 4 is 27.7 Å². The molecule has 0 aliphatic carbocycles. The first-order valence-electron chi connectivity index (χ1n) is 5.64. The minimum atomic E-state index is -0.820. The summed E-state index contributed by atoms with van der Waals surface area (Å²) in [6.07, 6.45) is 0.363. The van der Waals surface area contributed by atoms with Crippen LogP contribution in [0.25, 0.3) is 0 Å². The van der Waals surface area contributed by atoms with Gasteiger partial charge in [0.2, 0.25) is 11.8 Å². The van der Waals surface area contributed by atoms with E-state index >= 15 is 0 Å². The normalized spacial score (nSPS) is 20.0. The number of hydrogen-bond donors (Lipinski definition) is 1. The van der Waals surface area contributed by atoms with Gasteiger partial charge in [0.05, 0.1) is 17.1 Å². The number of piperidine rings is 1. The van der Waals surface area contributed by atoms with Gasteiger partial charge in [0.1, 0.15) is 11.6 Å². The number of carbonyl (C=O) groups excluding carboxylic acids is 2. The van der Waals surface area contributed by atoms with Crippen LogP contribution in [0, 0.1) is 11.6 Å². The van der Waals surface area contributed by atoms with Crippen LogP contribution in [-0.4, -0.2) is 22.8 Å². The highest BCUT2D eigenvalue weighted by molar-refractivity contribution is 9.10. The van der Waals surface area contributed by atoms with Gasteiger partial charge in [-0.1, -0.05) is 0 Å². The van der Waals surface area contributed by atoms with Crippen LogP contribution in [-0.2, 0) is 16.1 Å². The molecule has 1 fully saturated rings. The van der Waals surface area contributed by atoms with Crippen LogP contribution in [0.5, 0.6) is 0 Å². The maximum atomic E-state index is 13.8. The van der Waals surface area contributed by atoms with Gasteiger partial charge in [-0.25, -0.2) is 8.78 Å². The summed E-state index contributed by atoms with van der Waals surface area (Å²) >= 11 is 2.93. The van der Waals surface area contributed by atoms with Gasteiger partial charge in [0.15, 0.2) is 0 Å². The molecule has 1 atom stereocenters. The first-order valence-corrected chi connectivity index (χ1v) is 6.43. The molecule has 2 rings (SSSR count). The zero-order valence-corrected chi connectivity index (χ0v) is 11.4. The van der Waals surface area contributed by atoms with Crippen molar-refractivity contribution in [1.82, 2.24) is 4.90 Å². The Balaban J connectivity index is 2.32. The summed E-state index contributed by atoms with van der Waals surface area (Å²) in [5, 5.41) is 0. The number of imide groups is 1. The predicted molar refractivity (Wildman–Crippen MR) is 66.8 cm³/mol. The predicted octanol–water partition coefficient (Wildman–Crippen LogP) is 1.70. The van der Waals surface area contributed by atoms with E-state index in [1.807, 2.05) is 0 Å². The van der Waals surface area contributed by atoms with Gasteiger partial charge in [0, 0.05) is 12.0 Å². The Bertz CT molecular complexity index is 551. The molecule has 2 N–H and O–H groups in total. The molecule has 1 aliphatic rings. The Morgan fingerprint density at radius 3 is 2.74 bits per heavy atom. The minimum absolute atomic E-state index is 0.0742. The maximum absolute atomic E-state index is 13.8. The van der Waals surface area contributed by atoms with Gasteiger partial charge < -0.3 is 5.73 Å². The largest absolute Gasteiger partial charge is 0.320 e. The summed E-state index contributed by atoms with van der Waals surface area (Å²) in [5.41, 5.74) is 5.22. The third kappa shape index (κ3) is 2.66. The van der Waals surface area contributed by atoms with E-state index in [1.165, 1.54) is 6.07 Å². The zero-order chi connectivity index (χ0) is 14.2. The summed E-state index contributed by atoms with van der Waals surface area (Å²) in [6, 6.07) is 1.50. The second-order valence-corrected chi connectivity index (χ2v) is 5.14. The quantitative estimate of drug-likeness (QED) is 0.662. The Hall–Kier alpha value is -1.34. The maximum Gasteiger partial charge on any atom is 0.246 e. The molecule has 7 heteroatoms. The topological polar surface area (TPSA) is 63.4 Å². The Morgan fingerprint density at radius 1 is 1.37 bits per heavy atom. The van der Waals surface area contributed by atoms with Gasteiger partial charge >= 0.3 is 0 Å². The van der Waals surface area contributed by atoms with Crippen LogP contribution < -0.4 is 5.73 Å². The number of carbonyl (C=O) groups is 2. The molecular weight excluding hydrogens is 322 g/mol. The van der Waals surface area contributed by atoms with Gasteiger partial charge in [0.25, 0.3) is 0 Å². The highest BCUT2D eigenvalue weighted by Crippen LogP contribution is 2.24. The summed E-state index contributed by atoms with van der Waals surface area (Å²) in [5.74, 6) is -2.69. The molecule has 0 aromatic heterocycles. The number of rotatable bonds is 2. The Labute approximate surface area is 116 Å². The average molecular weight is 333 g/mol. The number of amides is 2. The van der Waals surface area contributed by atoms with E-state index < -0.39 is 36.0 Å². The fourth-order valence-electron chi connectivity index (χ4n) is 1.90. The number of nitrogens with zero attached hydrogens (tertiary/aromatic N) is 1. The van der Waals surface area contributed by atoms with Crippen LogP contribution >= 0.6 is 15.9 Å². The average Bonchev–Trinajstić information content (AvgIpc) is 2.38. The molecule has 1 aliphatic heterocycles. The lowest BCUT2D eigenvalue weighted by molar-refractivity contribution is -0.149. The number of halogens is 3. The number of likely N-dealkylation sites (tertiary alicyclic amines) is 1. The molecule has 2 amide bonds. The van der Waals surface area contributed by atoms with Crippen molar-refractivity contribution in [2.45, 2.75) is 25.4 Å². The van der Waals surface area contributed by atoms with Crippen LogP contribution in [0.1, 0.15) is 18.4 Å². The summed E-state index contributed by atoms with van der Waals surface area (Å²) in [7, 11) is 0. The van der Waals surface area contributed by atoms with Crippen molar-refractivity contribution in [3.63, 3.8) is 0 Å². The van der Waals surface area contributed by atoms with Crippen LogP contribution in [0.4, 0.5) is 8.78 Å². The lowest BCUT2D eigenvalue weighted by Gasteiger charge is -2.28. The summed E-state index contributed by atoms with van der Waals surface area (Å²) in [6.45, 7) is -0.442. The zero-order valence-electron chi connectivity index (χ0n) is 9.83. The number of hydrogen-bond acceptors (Lipinski definition) is 3. The molecule has 1 saturated heterocycles. The Kier molecular flexibility index (Phi) is 3.96. The molecule has 0 saturated carbocycles. The molecule has 4 nitrogen and oxygen atoms in total.